The maximum atomic E-state index is 13.5. The Kier molecular flexibility index (Phi) is 5.54. The summed E-state index contributed by atoms with van der Waals surface area (Å²) in [6, 6.07) is 21.7. The second-order valence-corrected chi connectivity index (χ2v) is 8.31. The highest BCUT2D eigenvalue weighted by Crippen LogP contribution is 2.37. The van der Waals surface area contributed by atoms with Gasteiger partial charge in [-0.05, 0) is 70.5 Å². The molecule has 0 unspecified atom stereocenters. The standard InChI is InChI=1S/C27H27FN2/c1-18(2)24-16-22(20-8-6-5-7-9-20)17-25(19(3)4)26(24)30-15-14-29-27(30)21-10-12-23(28)13-11-21/h5-19H,1-4H3. The van der Waals surface area contributed by atoms with Crippen LogP contribution in [0.1, 0.15) is 50.7 Å². The lowest BCUT2D eigenvalue weighted by Crippen LogP contribution is -2.08. The van der Waals surface area contributed by atoms with Crippen LogP contribution in [0.3, 0.4) is 0 Å². The summed E-state index contributed by atoms with van der Waals surface area (Å²) >= 11 is 0. The zero-order chi connectivity index (χ0) is 21.3. The Morgan fingerprint density at radius 1 is 0.733 bits per heavy atom. The Morgan fingerprint density at radius 3 is 1.90 bits per heavy atom. The Balaban J connectivity index is 1.97. The predicted octanol–water partition coefficient (Wildman–Crippen LogP) is 7.59. The lowest BCUT2D eigenvalue weighted by molar-refractivity contribution is 0.628. The van der Waals surface area contributed by atoms with Gasteiger partial charge in [0.15, 0.2) is 0 Å². The van der Waals surface area contributed by atoms with Crippen molar-refractivity contribution in [3.05, 3.63) is 96.1 Å². The largest absolute Gasteiger partial charge is 0.299 e. The third kappa shape index (κ3) is 3.80. The molecule has 0 atom stereocenters. The third-order valence-corrected chi connectivity index (χ3v) is 5.50. The molecule has 1 aromatic heterocycles. The molecule has 3 aromatic carbocycles. The number of halogens is 1. The third-order valence-electron chi connectivity index (χ3n) is 5.50. The Bertz CT molecular complexity index is 1110. The number of aromatic nitrogens is 2. The molecule has 0 N–H and O–H groups in total. The minimum Gasteiger partial charge on any atom is -0.299 e. The molecular weight excluding hydrogens is 371 g/mol. The molecule has 152 valence electrons. The Morgan fingerprint density at radius 2 is 1.33 bits per heavy atom. The lowest BCUT2D eigenvalue weighted by Gasteiger charge is -2.23. The first-order valence-corrected chi connectivity index (χ1v) is 10.5. The zero-order valence-electron chi connectivity index (χ0n) is 17.9. The summed E-state index contributed by atoms with van der Waals surface area (Å²) in [7, 11) is 0. The fourth-order valence-electron chi connectivity index (χ4n) is 3.93. The second-order valence-electron chi connectivity index (χ2n) is 8.31. The fourth-order valence-corrected chi connectivity index (χ4v) is 3.93. The average Bonchev–Trinajstić information content (AvgIpc) is 3.23. The summed E-state index contributed by atoms with van der Waals surface area (Å²) in [5.74, 6) is 1.26. The molecule has 0 fully saturated rings. The SMILES string of the molecule is CC(C)c1cc(-c2ccccc2)cc(C(C)C)c1-n1ccnc1-c1ccc(F)cc1. The van der Waals surface area contributed by atoms with Crippen molar-refractivity contribution in [2.75, 3.05) is 0 Å². The average molecular weight is 399 g/mol. The summed E-state index contributed by atoms with van der Waals surface area (Å²) < 4.78 is 15.6. The van der Waals surface area contributed by atoms with Crippen LogP contribution in [0, 0.1) is 5.82 Å². The van der Waals surface area contributed by atoms with E-state index < -0.39 is 0 Å². The number of rotatable bonds is 5. The highest BCUT2D eigenvalue weighted by molar-refractivity contribution is 5.71. The van der Waals surface area contributed by atoms with Crippen molar-refractivity contribution in [2.24, 2.45) is 0 Å². The van der Waals surface area contributed by atoms with Gasteiger partial charge in [-0.1, -0.05) is 58.0 Å². The maximum Gasteiger partial charge on any atom is 0.144 e. The minimum absolute atomic E-state index is 0.241. The van der Waals surface area contributed by atoms with E-state index in [0.717, 1.165) is 11.4 Å². The zero-order valence-corrected chi connectivity index (χ0v) is 17.9. The van der Waals surface area contributed by atoms with Gasteiger partial charge in [-0.15, -0.1) is 0 Å². The summed E-state index contributed by atoms with van der Waals surface area (Å²) in [6.07, 6.45) is 3.83. The van der Waals surface area contributed by atoms with Crippen molar-refractivity contribution in [1.29, 1.82) is 0 Å². The molecule has 30 heavy (non-hydrogen) atoms. The van der Waals surface area contributed by atoms with Gasteiger partial charge in [0.25, 0.3) is 0 Å². The molecule has 0 aliphatic carbocycles. The maximum absolute atomic E-state index is 13.5. The highest BCUT2D eigenvalue weighted by atomic mass is 19.1. The van der Waals surface area contributed by atoms with E-state index in [0.29, 0.717) is 11.8 Å². The van der Waals surface area contributed by atoms with Gasteiger partial charge < -0.3 is 0 Å². The number of nitrogens with zero attached hydrogens (tertiary/aromatic N) is 2. The summed E-state index contributed by atoms with van der Waals surface area (Å²) in [5.41, 5.74) is 7.09. The van der Waals surface area contributed by atoms with Crippen LogP contribution < -0.4 is 0 Å². The molecule has 4 aromatic rings. The van der Waals surface area contributed by atoms with E-state index in [-0.39, 0.29) is 5.82 Å². The van der Waals surface area contributed by atoms with Crippen LogP contribution in [0.15, 0.2) is 79.1 Å². The molecule has 0 saturated carbocycles. The van der Waals surface area contributed by atoms with E-state index in [9.17, 15) is 4.39 Å². The van der Waals surface area contributed by atoms with Gasteiger partial charge in [0.2, 0.25) is 0 Å². The summed E-state index contributed by atoms with van der Waals surface area (Å²) in [4.78, 5) is 4.61. The van der Waals surface area contributed by atoms with Crippen LogP contribution in [0.4, 0.5) is 4.39 Å². The molecule has 0 bridgehead atoms. The van der Waals surface area contributed by atoms with Gasteiger partial charge in [-0.2, -0.15) is 0 Å². The fraction of sp³-hybridized carbons (Fsp3) is 0.222. The van der Waals surface area contributed by atoms with Crippen molar-refractivity contribution in [2.45, 2.75) is 39.5 Å². The van der Waals surface area contributed by atoms with Crippen LogP contribution in [0.25, 0.3) is 28.2 Å². The van der Waals surface area contributed by atoms with Crippen molar-refractivity contribution >= 4 is 0 Å². The van der Waals surface area contributed by atoms with Gasteiger partial charge in [-0.3, -0.25) is 4.57 Å². The van der Waals surface area contributed by atoms with E-state index in [4.69, 9.17) is 0 Å². The van der Waals surface area contributed by atoms with Crippen LogP contribution >= 0.6 is 0 Å². The number of benzene rings is 3. The van der Waals surface area contributed by atoms with Crippen LogP contribution in [-0.4, -0.2) is 9.55 Å². The quantitative estimate of drug-likeness (QED) is 0.338. The Hall–Kier alpha value is -3.20. The lowest BCUT2D eigenvalue weighted by atomic mass is 9.88. The molecule has 0 amide bonds. The molecule has 2 nitrogen and oxygen atoms in total. The molecule has 0 spiro atoms. The van der Waals surface area contributed by atoms with Gasteiger partial charge in [-0.25, -0.2) is 9.37 Å². The van der Waals surface area contributed by atoms with E-state index >= 15 is 0 Å². The number of hydrogen-bond donors (Lipinski definition) is 0. The molecule has 1 heterocycles. The van der Waals surface area contributed by atoms with Crippen LogP contribution in [0.5, 0.6) is 0 Å². The first kappa shape index (κ1) is 20.1. The van der Waals surface area contributed by atoms with Gasteiger partial charge in [0, 0.05) is 18.0 Å². The van der Waals surface area contributed by atoms with Crippen LogP contribution in [0.2, 0.25) is 0 Å². The molecule has 0 aliphatic heterocycles. The minimum atomic E-state index is -0.241. The molecular formula is C27H27FN2. The predicted molar refractivity (Wildman–Crippen MR) is 123 cm³/mol. The summed E-state index contributed by atoms with van der Waals surface area (Å²) in [6.45, 7) is 8.91. The Labute approximate surface area is 178 Å². The monoisotopic (exact) mass is 398 g/mol. The van der Waals surface area contributed by atoms with Gasteiger partial charge in [0.05, 0.1) is 5.69 Å². The molecule has 0 radical (unpaired) electrons. The van der Waals surface area contributed by atoms with Crippen LogP contribution in [-0.2, 0) is 0 Å². The number of hydrogen-bond acceptors (Lipinski definition) is 1. The van der Waals surface area contributed by atoms with Crippen molar-refractivity contribution in [3.8, 4) is 28.2 Å². The topological polar surface area (TPSA) is 17.8 Å². The molecule has 3 heteroatoms. The normalized spacial score (nSPS) is 11.4. The van der Waals surface area contributed by atoms with E-state index in [1.54, 1.807) is 12.1 Å². The first-order chi connectivity index (χ1) is 14.5. The smallest absolute Gasteiger partial charge is 0.144 e. The van der Waals surface area contributed by atoms with Crippen molar-refractivity contribution in [3.63, 3.8) is 0 Å². The van der Waals surface area contributed by atoms with Crippen molar-refractivity contribution in [1.82, 2.24) is 9.55 Å². The second kappa shape index (κ2) is 8.27. The molecule has 0 aliphatic rings. The summed E-state index contributed by atoms with van der Waals surface area (Å²) in [5, 5.41) is 0. The van der Waals surface area contributed by atoms with E-state index in [1.165, 1.54) is 40.1 Å². The molecule has 0 saturated heterocycles. The number of imidazole rings is 1. The van der Waals surface area contributed by atoms with Crippen molar-refractivity contribution < 1.29 is 4.39 Å². The first-order valence-electron chi connectivity index (χ1n) is 10.5. The van der Waals surface area contributed by atoms with Gasteiger partial charge >= 0.3 is 0 Å². The highest BCUT2D eigenvalue weighted by Gasteiger charge is 2.20. The van der Waals surface area contributed by atoms with Gasteiger partial charge in [0.1, 0.15) is 11.6 Å². The van der Waals surface area contributed by atoms with E-state index in [1.807, 2.05) is 18.5 Å². The molecule has 4 rings (SSSR count). The van der Waals surface area contributed by atoms with E-state index in [2.05, 4.69) is 73.6 Å².